The largest absolute Gasteiger partial charge is 0.343 e. The molecule has 0 unspecified atom stereocenters. The maximum atomic E-state index is 2.61. The molecule has 0 aliphatic heterocycles. The van der Waals surface area contributed by atoms with Crippen LogP contribution in [0.5, 0.6) is 0 Å². The molecule has 0 N–H and O–H groups in total. The Morgan fingerprint density at radius 1 is 0.326 bits per heavy atom. The van der Waals surface area contributed by atoms with Crippen LogP contribution in [0.15, 0.2) is 0 Å². The van der Waals surface area contributed by atoms with Crippen LogP contribution < -0.4 is 0 Å². The second-order valence-electron chi connectivity index (χ2n) is 13.7. The van der Waals surface area contributed by atoms with Gasteiger partial charge in [0.15, 0.2) is 0 Å². The first-order valence-electron chi connectivity index (χ1n) is 16.1. The molecule has 2 heterocycles. The highest BCUT2D eigenvalue weighted by atomic mass is 15.0. The van der Waals surface area contributed by atoms with Crippen molar-refractivity contribution in [2.24, 2.45) is 7.05 Å². The molecular formula is C41H50N2. The topological polar surface area (TPSA) is 9.86 Å². The van der Waals surface area contributed by atoms with Gasteiger partial charge in [-0.05, 0) is 193 Å². The fraction of sp³-hybridized carbons (Fsp3) is 0.415. The number of rotatable bonds is 2. The zero-order valence-electron chi connectivity index (χ0n) is 29.6. The van der Waals surface area contributed by atoms with Crippen molar-refractivity contribution < 1.29 is 0 Å². The second kappa shape index (κ2) is 9.49. The third kappa shape index (κ3) is 3.41. The van der Waals surface area contributed by atoms with Gasteiger partial charge in [-0.3, -0.25) is 0 Å². The van der Waals surface area contributed by atoms with Crippen LogP contribution in [0.25, 0.3) is 54.7 Å². The summed E-state index contributed by atoms with van der Waals surface area (Å²) in [5.41, 5.74) is 28.3. The first-order valence-corrected chi connectivity index (χ1v) is 16.1. The monoisotopic (exact) mass is 570 g/mol. The lowest BCUT2D eigenvalue weighted by atomic mass is 9.81. The van der Waals surface area contributed by atoms with Gasteiger partial charge in [0.1, 0.15) is 0 Å². The van der Waals surface area contributed by atoms with E-state index in [9.17, 15) is 0 Å². The summed E-state index contributed by atoms with van der Waals surface area (Å²) in [5, 5.41) is 5.78. The summed E-state index contributed by atoms with van der Waals surface area (Å²) in [6.07, 6.45) is 0. The Morgan fingerprint density at radius 3 is 1.02 bits per heavy atom. The predicted octanol–water partition coefficient (Wildman–Crippen LogP) is 11.4. The first kappa shape index (κ1) is 29.5. The van der Waals surface area contributed by atoms with E-state index in [-0.39, 0.29) is 0 Å². The summed E-state index contributed by atoms with van der Waals surface area (Å²) in [4.78, 5) is 0. The van der Waals surface area contributed by atoms with Crippen molar-refractivity contribution >= 4 is 43.6 Å². The van der Waals surface area contributed by atoms with Gasteiger partial charge in [0, 0.05) is 35.1 Å². The molecule has 0 aliphatic carbocycles. The Kier molecular flexibility index (Phi) is 6.52. The number of nitrogens with zero attached hydrogens (tertiary/aromatic N) is 2. The van der Waals surface area contributed by atoms with Crippen LogP contribution in [0, 0.1) is 96.9 Å². The Morgan fingerprint density at radius 2 is 0.605 bits per heavy atom. The Balaban J connectivity index is 1.90. The molecule has 43 heavy (non-hydrogen) atoms. The van der Waals surface area contributed by atoms with E-state index in [1.54, 1.807) is 0 Å². The fourth-order valence-corrected chi connectivity index (χ4v) is 8.89. The van der Waals surface area contributed by atoms with Crippen LogP contribution in [-0.2, 0) is 13.6 Å². The molecule has 0 spiro atoms. The van der Waals surface area contributed by atoms with Gasteiger partial charge in [-0.25, -0.2) is 0 Å². The van der Waals surface area contributed by atoms with E-state index in [0.717, 1.165) is 6.54 Å². The van der Waals surface area contributed by atoms with Gasteiger partial charge in [-0.15, -0.1) is 0 Å². The summed E-state index contributed by atoms with van der Waals surface area (Å²) in [7, 11) is 2.28. The van der Waals surface area contributed by atoms with Crippen LogP contribution >= 0.6 is 0 Å². The lowest BCUT2D eigenvalue weighted by Crippen LogP contribution is -2.03. The predicted molar refractivity (Wildman–Crippen MR) is 191 cm³/mol. The van der Waals surface area contributed by atoms with Crippen molar-refractivity contribution in [3.05, 3.63) is 77.9 Å². The minimum absolute atomic E-state index is 0.971. The fourth-order valence-electron chi connectivity index (χ4n) is 8.89. The van der Waals surface area contributed by atoms with Crippen LogP contribution in [0.4, 0.5) is 0 Å². The van der Waals surface area contributed by atoms with E-state index in [1.807, 2.05) is 0 Å². The Labute approximate surface area is 258 Å². The van der Waals surface area contributed by atoms with Crippen LogP contribution in [0.3, 0.4) is 0 Å². The third-order valence-electron chi connectivity index (χ3n) is 12.1. The van der Waals surface area contributed by atoms with Crippen molar-refractivity contribution in [3.8, 4) is 11.1 Å². The minimum atomic E-state index is 0.971. The Hall–Kier alpha value is -3.52. The van der Waals surface area contributed by atoms with E-state index in [1.165, 1.54) is 133 Å². The first-order chi connectivity index (χ1) is 20.1. The van der Waals surface area contributed by atoms with Gasteiger partial charge in [0.25, 0.3) is 0 Å². The highest BCUT2D eigenvalue weighted by molar-refractivity contribution is 6.18. The van der Waals surface area contributed by atoms with Crippen LogP contribution in [0.1, 0.15) is 84.8 Å². The van der Waals surface area contributed by atoms with Gasteiger partial charge in [-0.2, -0.15) is 0 Å². The quantitative estimate of drug-likeness (QED) is 0.196. The molecular weight excluding hydrogens is 520 g/mol. The van der Waals surface area contributed by atoms with Crippen molar-refractivity contribution in [1.82, 2.24) is 9.13 Å². The summed E-state index contributed by atoms with van der Waals surface area (Å²) in [5.74, 6) is 0. The molecule has 4 aromatic carbocycles. The molecule has 0 bridgehead atoms. The zero-order chi connectivity index (χ0) is 31.7. The highest BCUT2D eigenvalue weighted by Gasteiger charge is 2.28. The minimum Gasteiger partial charge on any atom is -0.343 e. The van der Waals surface area contributed by atoms with E-state index < -0.39 is 0 Å². The average molecular weight is 571 g/mol. The van der Waals surface area contributed by atoms with E-state index >= 15 is 0 Å². The molecule has 6 aromatic rings. The molecule has 0 saturated heterocycles. The molecule has 2 heteroatoms. The van der Waals surface area contributed by atoms with Crippen molar-refractivity contribution in [2.45, 2.75) is 110 Å². The third-order valence-corrected chi connectivity index (χ3v) is 12.1. The normalized spacial score (nSPS) is 12.3. The molecule has 0 fully saturated rings. The van der Waals surface area contributed by atoms with E-state index in [2.05, 4.69) is 120 Å². The van der Waals surface area contributed by atoms with Gasteiger partial charge in [-0.1, -0.05) is 0 Å². The maximum absolute atomic E-state index is 2.61. The van der Waals surface area contributed by atoms with Gasteiger partial charge >= 0.3 is 0 Å². The number of fused-ring (bicyclic) bond motifs is 6. The van der Waals surface area contributed by atoms with Crippen LogP contribution in [0.2, 0.25) is 0 Å². The van der Waals surface area contributed by atoms with Gasteiger partial charge in [0.2, 0.25) is 0 Å². The average Bonchev–Trinajstić information content (AvgIpc) is 3.49. The molecule has 2 nitrogen and oxygen atoms in total. The molecule has 0 radical (unpaired) electrons. The SMILES string of the molecule is CCn1c2c(C)c(C)c(C)c(C)c2c2c(C)c(-c3c(C)c(C)c4c(c3C)c3c(C)c(C)c(C)c(C)c3n4C)c(C)c(C)c21. The number of aryl methyl sites for hydroxylation is 10. The highest BCUT2D eigenvalue weighted by Crippen LogP contribution is 2.49. The lowest BCUT2D eigenvalue weighted by molar-refractivity contribution is 0.820. The second-order valence-corrected chi connectivity index (χ2v) is 13.7. The lowest BCUT2D eigenvalue weighted by Gasteiger charge is -2.22. The number of hydrogen-bond donors (Lipinski definition) is 0. The van der Waals surface area contributed by atoms with Gasteiger partial charge in [0.05, 0.1) is 22.1 Å². The van der Waals surface area contributed by atoms with Crippen molar-refractivity contribution in [2.75, 3.05) is 0 Å². The van der Waals surface area contributed by atoms with Crippen molar-refractivity contribution in [3.63, 3.8) is 0 Å². The number of hydrogen-bond acceptors (Lipinski definition) is 0. The number of aromatic nitrogens is 2. The number of benzene rings is 4. The molecule has 0 amide bonds. The smallest absolute Gasteiger partial charge is 0.0526 e. The van der Waals surface area contributed by atoms with E-state index in [4.69, 9.17) is 0 Å². The zero-order valence-corrected chi connectivity index (χ0v) is 29.6. The molecule has 2 aromatic heterocycles. The summed E-state index contributed by atoms with van der Waals surface area (Å²) >= 11 is 0. The standard InChI is InChI=1S/C41H50N2/c1-17-43-40-27(11)21(5)19(3)23(7)35(40)37-31(15)33(25(9)29(13)41(37)43)32-24(8)28(12)39-36(30(32)14)34-22(6)18(2)20(4)26(10)38(34)42(39)16/h17H2,1-16H3. The Bertz CT molecular complexity index is 2240. The summed E-state index contributed by atoms with van der Waals surface area (Å²) in [6, 6.07) is 0. The van der Waals surface area contributed by atoms with Crippen LogP contribution in [-0.4, -0.2) is 9.13 Å². The maximum Gasteiger partial charge on any atom is 0.0526 e. The molecule has 0 atom stereocenters. The van der Waals surface area contributed by atoms with Gasteiger partial charge < -0.3 is 9.13 Å². The summed E-state index contributed by atoms with van der Waals surface area (Å²) < 4.78 is 5.09. The summed E-state index contributed by atoms with van der Waals surface area (Å²) in [6.45, 7) is 36.0. The molecule has 0 aliphatic rings. The molecule has 6 rings (SSSR count). The van der Waals surface area contributed by atoms with Crippen molar-refractivity contribution in [1.29, 1.82) is 0 Å². The molecule has 224 valence electrons. The van der Waals surface area contributed by atoms with E-state index in [0.29, 0.717) is 0 Å². The molecule has 0 saturated carbocycles.